The molecule has 12 aromatic rings. The summed E-state index contributed by atoms with van der Waals surface area (Å²) in [5, 5.41) is 2.50. The Balaban J connectivity index is 1.01. The Hall–Kier alpha value is -8.53. The third kappa shape index (κ3) is 6.60. The van der Waals surface area contributed by atoms with Gasteiger partial charge >= 0.3 is 0 Å². The predicted molar refractivity (Wildman–Crippen MR) is 288 cm³/mol. The Labute approximate surface area is 403 Å². The maximum absolute atomic E-state index is 5.39. The normalized spacial score (nSPS) is 12.8. The van der Waals surface area contributed by atoms with Gasteiger partial charge in [-0.1, -0.05) is 190 Å². The minimum absolute atomic E-state index is 0.483. The van der Waals surface area contributed by atoms with E-state index in [0.717, 1.165) is 62.5 Å². The Morgan fingerprint density at radius 3 is 1.57 bits per heavy atom. The number of para-hydroxylation sites is 5. The Morgan fingerprint density at radius 2 is 0.913 bits per heavy atom. The molecule has 328 valence electrons. The lowest BCUT2D eigenvalue weighted by atomic mass is 9.67. The van der Waals surface area contributed by atoms with E-state index < -0.39 is 5.41 Å². The van der Waals surface area contributed by atoms with Gasteiger partial charge in [-0.05, 0) is 140 Å². The second-order valence-electron chi connectivity index (χ2n) is 19.0. The fourth-order valence-electron chi connectivity index (χ4n) is 11.5. The van der Waals surface area contributed by atoms with Gasteiger partial charge in [-0.15, -0.1) is 0 Å². The van der Waals surface area contributed by atoms with Gasteiger partial charge in [0.2, 0.25) is 0 Å². The monoisotopic (exact) mass is 883 g/mol. The van der Waals surface area contributed by atoms with Crippen LogP contribution in [0.4, 0.5) is 0 Å². The first kappa shape index (κ1) is 40.7. The average Bonchev–Trinajstić information content (AvgIpc) is 4.06. The Morgan fingerprint density at radius 1 is 0.391 bits per heavy atom. The van der Waals surface area contributed by atoms with E-state index >= 15 is 0 Å². The van der Waals surface area contributed by atoms with Crippen molar-refractivity contribution in [3.63, 3.8) is 0 Å². The number of fused-ring (bicyclic) bond motifs is 7. The van der Waals surface area contributed by atoms with Crippen molar-refractivity contribution in [3.05, 3.63) is 270 Å². The van der Waals surface area contributed by atoms with Gasteiger partial charge < -0.3 is 4.57 Å². The maximum atomic E-state index is 5.39. The third-order valence-corrected chi connectivity index (χ3v) is 14.4. The summed E-state index contributed by atoms with van der Waals surface area (Å²) in [4.78, 5) is 5.39. The highest BCUT2D eigenvalue weighted by atomic mass is 15.1. The summed E-state index contributed by atoms with van der Waals surface area (Å²) in [6.45, 7) is 4.59. The SMILES string of the molecule is CC(C)Cc1ccc(C2(c3ccc(-c4cc(-c5cccc(-n6c7ccccc7c7ccccc76)c5)cc(-c5nc6ccccc6n5-c5ccccc5)c4)cc3)c3ccccc3-c3ccccc32)cc1. The van der Waals surface area contributed by atoms with Gasteiger partial charge in [0.25, 0.3) is 0 Å². The molecule has 0 unspecified atom stereocenters. The molecule has 3 nitrogen and oxygen atoms in total. The molecule has 2 heterocycles. The molecule has 0 atom stereocenters. The molecular formula is C66H49N3. The van der Waals surface area contributed by atoms with Crippen molar-refractivity contribution in [2.45, 2.75) is 25.7 Å². The molecule has 0 saturated heterocycles. The number of rotatable bonds is 9. The van der Waals surface area contributed by atoms with Crippen LogP contribution in [0, 0.1) is 5.92 Å². The average molecular weight is 884 g/mol. The quantitative estimate of drug-likeness (QED) is 0.142. The maximum Gasteiger partial charge on any atom is 0.145 e. The molecule has 0 spiro atoms. The van der Waals surface area contributed by atoms with Crippen molar-refractivity contribution in [3.8, 4) is 56.1 Å². The topological polar surface area (TPSA) is 22.8 Å². The van der Waals surface area contributed by atoms with Crippen LogP contribution in [0.2, 0.25) is 0 Å². The predicted octanol–water partition coefficient (Wildman–Crippen LogP) is 16.7. The molecule has 1 aliphatic rings. The van der Waals surface area contributed by atoms with Gasteiger partial charge in [-0.2, -0.15) is 0 Å². The van der Waals surface area contributed by atoms with Crippen molar-refractivity contribution < 1.29 is 0 Å². The van der Waals surface area contributed by atoms with Gasteiger partial charge in [0.05, 0.1) is 27.5 Å². The molecule has 0 N–H and O–H groups in total. The van der Waals surface area contributed by atoms with Crippen LogP contribution in [0.15, 0.2) is 243 Å². The molecule has 3 heteroatoms. The standard InChI is InChI=1S/C66H49N3/c1-44(2)39-45-31-35-51(36-32-45)66(59-25-10-6-21-55(59)56-22-7-11-26-60(56)66)52-37-33-46(34-38-52)48-40-49(42-50(41-48)65-67-61-27-12-15-30-64(61)69(65)53-18-4-3-5-19-53)47-17-16-20-54(43-47)68-62-28-13-8-23-57(62)58-24-9-14-29-63(58)68/h3-38,40-44H,39H2,1-2H3. The van der Waals surface area contributed by atoms with Crippen LogP contribution in [0.3, 0.4) is 0 Å². The highest BCUT2D eigenvalue weighted by Crippen LogP contribution is 2.56. The third-order valence-electron chi connectivity index (χ3n) is 14.4. The second kappa shape index (κ2) is 16.4. The minimum Gasteiger partial charge on any atom is -0.309 e. The first-order valence-corrected chi connectivity index (χ1v) is 24.2. The van der Waals surface area contributed by atoms with Crippen LogP contribution in [-0.4, -0.2) is 14.1 Å². The highest BCUT2D eigenvalue weighted by Gasteiger charge is 2.45. The van der Waals surface area contributed by atoms with E-state index in [9.17, 15) is 0 Å². The van der Waals surface area contributed by atoms with E-state index in [4.69, 9.17) is 4.98 Å². The van der Waals surface area contributed by atoms with Crippen LogP contribution < -0.4 is 0 Å². The molecule has 69 heavy (non-hydrogen) atoms. The van der Waals surface area contributed by atoms with Gasteiger partial charge in [0.15, 0.2) is 0 Å². The molecule has 0 bridgehead atoms. The van der Waals surface area contributed by atoms with Gasteiger partial charge in [0, 0.05) is 27.7 Å². The number of benzene rings is 10. The summed E-state index contributed by atoms with van der Waals surface area (Å²) in [6, 6.07) is 89.5. The lowest BCUT2D eigenvalue weighted by Gasteiger charge is -2.34. The molecule has 0 aliphatic heterocycles. The number of aromatic nitrogens is 3. The molecule has 10 aromatic carbocycles. The van der Waals surface area contributed by atoms with Crippen molar-refractivity contribution in [2.75, 3.05) is 0 Å². The molecule has 0 saturated carbocycles. The van der Waals surface area contributed by atoms with E-state index in [0.29, 0.717) is 5.92 Å². The van der Waals surface area contributed by atoms with Crippen LogP contribution in [0.25, 0.3) is 89.0 Å². The Bertz CT molecular complexity index is 3790. The van der Waals surface area contributed by atoms with E-state index in [-0.39, 0.29) is 0 Å². The van der Waals surface area contributed by atoms with Crippen LogP contribution in [-0.2, 0) is 11.8 Å². The summed E-state index contributed by atoms with van der Waals surface area (Å²) in [6.07, 6.45) is 1.06. The van der Waals surface area contributed by atoms with Crippen LogP contribution in [0.1, 0.15) is 41.7 Å². The van der Waals surface area contributed by atoms with Gasteiger partial charge in [-0.25, -0.2) is 4.98 Å². The van der Waals surface area contributed by atoms with E-state index in [1.54, 1.807) is 0 Å². The number of nitrogens with zero attached hydrogens (tertiary/aromatic N) is 3. The van der Waals surface area contributed by atoms with E-state index in [1.165, 1.54) is 60.8 Å². The van der Waals surface area contributed by atoms with Crippen molar-refractivity contribution in [1.29, 1.82) is 0 Å². The Kier molecular flexibility index (Phi) is 9.66. The van der Waals surface area contributed by atoms with E-state index in [1.807, 2.05) is 0 Å². The largest absolute Gasteiger partial charge is 0.309 e. The lowest BCUT2D eigenvalue weighted by Crippen LogP contribution is -2.28. The number of hydrogen-bond acceptors (Lipinski definition) is 1. The highest BCUT2D eigenvalue weighted by molar-refractivity contribution is 6.09. The molecule has 13 rings (SSSR count). The zero-order valence-electron chi connectivity index (χ0n) is 38.7. The molecule has 0 fully saturated rings. The minimum atomic E-state index is -0.483. The molecular weight excluding hydrogens is 835 g/mol. The lowest BCUT2D eigenvalue weighted by molar-refractivity contribution is 0.646. The van der Waals surface area contributed by atoms with Crippen molar-refractivity contribution >= 4 is 32.8 Å². The number of imidazole rings is 1. The zero-order valence-corrected chi connectivity index (χ0v) is 38.7. The summed E-state index contributed by atoms with van der Waals surface area (Å²) < 4.78 is 4.71. The van der Waals surface area contributed by atoms with Crippen molar-refractivity contribution in [1.82, 2.24) is 14.1 Å². The van der Waals surface area contributed by atoms with Gasteiger partial charge in [0.1, 0.15) is 5.82 Å². The summed E-state index contributed by atoms with van der Waals surface area (Å²) in [7, 11) is 0. The molecule has 2 aromatic heterocycles. The first-order valence-electron chi connectivity index (χ1n) is 24.2. The van der Waals surface area contributed by atoms with Gasteiger partial charge in [-0.3, -0.25) is 4.57 Å². The molecule has 0 radical (unpaired) electrons. The summed E-state index contributed by atoms with van der Waals surface area (Å²) in [5.74, 6) is 1.49. The molecule has 1 aliphatic carbocycles. The second-order valence-corrected chi connectivity index (χ2v) is 19.0. The number of hydrogen-bond donors (Lipinski definition) is 0. The van der Waals surface area contributed by atoms with Crippen LogP contribution in [0.5, 0.6) is 0 Å². The fourth-order valence-corrected chi connectivity index (χ4v) is 11.5. The van der Waals surface area contributed by atoms with Crippen LogP contribution >= 0.6 is 0 Å². The van der Waals surface area contributed by atoms with E-state index in [2.05, 4.69) is 266 Å². The fraction of sp³-hybridized carbons (Fsp3) is 0.0758. The summed E-state index contributed by atoms with van der Waals surface area (Å²) >= 11 is 0. The summed E-state index contributed by atoms with van der Waals surface area (Å²) in [5.41, 5.74) is 20.9. The molecule has 0 amide bonds. The van der Waals surface area contributed by atoms with Crippen molar-refractivity contribution in [2.24, 2.45) is 5.92 Å². The zero-order chi connectivity index (χ0) is 46.1. The smallest absolute Gasteiger partial charge is 0.145 e. The first-order chi connectivity index (χ1) is 34.0.